The zero-order valence-corrected chi connectivity index (χ0v) is 28.6. The van der Waals surface area contributed by atoms with Crippen LogP contribution in [-0.4, -0.2) is 71.5 Å². The Morgan fingerprint density at radius 2 is 1.49 bits per heavy atom. The van der Waals surface area contributed by atoms with Crippen LogP contribution in [0.1, 0.15) is 11.1 Å². The fourth-order valence-electron chi connectivity index (χ4n) is 5.55. The quantitative estimate of drug-likeness (QED) is 0.124. The number of hydrogen-bond donors (Lipinski definition) is 1. The van der Waals surface area contributed by atoms with Crippen molar-refractivity contribution in [3.05, 3.63) is 98.6 Å². The molecule has 0 saturated carbocycles. The summed E-state index contributed by atoms with van der Waals surface area (Å²) in [4.78, 5) is 30.0. The van der Waals surface area contributed by atoms with Gasteiger partial charge in [0.1, 0.15) is 23.1 Å². The van der Waals surface area contributed by atoms with Crippen molar-refractivity contribution in [3.8, 4) is 22.8 Å². The van der Waals surface area contributed by atoms with Gasteiger partial charge < -0.3 is 29.3 Å². The molecule has 0 atom stereocenters. The van der Waals surface area contributed by atoms with Crippen molar-refractivity contribution in [2.75, 3.05) is 50.2 Å². The lowest BCUT2D eigenvalue weighted by Gasteiger charge is -2.34. The summed E-state index contributed by atoms with van der Waals surface area (Å²) in [5, 5.41) is 10.3. The van der Waals surface area contributed by atoms with E-state index in [1.165, 1.54) is 4.90 Å². The lowest BCUT2D eigenvalue weighted by atomic mass is 10.1. The summed E-state index contributed by atoms with van der Waals surface area (Å²) in [5.41, 5.74) is 3.78. The van der Waals surface area contributed by atoms with Crippen molar-refractivity contribution < 1.29 is 23.8 Å². The van der Waals surface area contributed by atoms with E-state index in [-0.39, 0.29) is 13.1 Å². The van der Waals surface area contributed by atoms with Crippen molar-refractivity contribution in [2.24, 2.45) is 0 Å². The molecule has 0 bridgehead atoms. The molecule has 1 aliphatic heterocycles. The maximum Gasteiger partial charge on any atom is 0.407 e. The van der Waals surface area contributed by atoms with Crippen molar-refractivity contribution in [3.63, 3.8) is 0 Å². The Balaban J connectivity index is 1.37. The molecular weight excluding hydrogens is 738 g/mol. The molecule has 13 heteroatoms. The van der Waals surface area contributed by atoms with Crippen LogP contribution in [0.5, 0.6) is 11.5 Å². The second-order valence-corrected chi connectivity index (χ2v) is 12.5. The molecular formula is C34H31ClFIN6O4. The van der Waals surface area contributed by atoms with Crippen LogP contribution in [0.4, 0.5) is 20.8 Å². The summed E-state index contributed by atoms with van der Waals surface area (Å²) in [6.45, 7) is 2.46. The Morgan fingerprint density at radius 1 is 0.894 bits per heavy atom. The molecule has 47 heavy (non-hydrogen) atoms. The number of methoxy groups -OCH3 is 2. The number of ether oxygens (including phenoxy) is 2. The van der Waals surface area contributed by atoms with E-state index in [0.29, 0.717) is 59.2 Å². The van der Waals surface area contributed by atoms with Crippen LogP contribution in [0.25, 0.3) is 22.2 Å². The highest BCUT2D eigenvalue weighted by Crippen LogP contribution is 2.37. The molecule has 6 rings (SSSR count). The van der Waals surface area contributed by atoms with Gasteiger partial charge in [-0.15, -0.1) is 0 Å². The highest BCUT2D eigenvalue weighted by molar-refractivity contribution is 14.1. The standard InChI is InChI=1S/C34H31ClFIN6O4/c1-46-23-7-3-21(4-8-23)19-43(20-22-5-9-24(47-2)10-6-22)30-12-11-28(37)31(39-30)25-18-29-26(17-27(25)35)32(40-33(36)38-29)41-13-15-42(16-14-41)34(44)45/h3-12,17-18H,13-16,19-20H2,1-2H3,(H,44,45). The Labute approximate surface area is 289 Å². The number of amides is 1. The lowest BCUT2D eigenvalue weighted by Crippen LogP contribution is -2.48. The second-order valence-electron chi connectivity index (χ2n) is 11.0. The number of anilines is 2. The van der Waals surface area contributed by atoms with Crippen LogP contribution < -0.4 is 19.3 Å². The molecule has 0 radical (unpaired) electrons. The maximum absolute atomic E-state index is 14.8. The molecule has 3 heterocycles. The molecule has 242 valence electrons. The number of nitrogens with zero attached hydrogens (tertiary/aromatic N) is 6. The highest BCUT2D eigenvalue weighted by atomic mass is 127. The van der Waals surface area contributed by atoms with Crippen molar-refractivity contribution in [2.45, 2.75) is 13.1 Å². The summed E-state index contributed by atoms with van der Waals surface area (Å²) in [7, 11) is 3.28. The monoisotopic (exact) mass is 768 g/mol. The smallest absolute Gasteiger partial charge is 0.407 e. The molecule has 0 unspecified atom stereocenters. The van der Waals surface area contributed by atoms with Gasteiger partial charge >= 0.3 is 12.2 Å². The number of halogens is 3. The Kier molecular flexibility index (Phi) is 9.78. The van der Waals surface area contributed by atoms with Crippen LogP contribution >= 0.6 is 34.2 Å². The third kappa shape index (κ3) is 7.28. The molecule has 1 saturated heterocycles. The van der Waals surface area contributed by atoms with Gasteiger partial charge in [0.25, 0.3) is 0 Å². The number of piperazine rings is 1. The Hall–Kier alpha value is -4.43. The SMILES string of the molecule is COc1ccc(CN(Cc2ccc(OC)cc2)c2ccc(I)c(-c3cc4nc(F)nc(N5CCN(C(=O)O)CC5)c4cc3Cl)n2)cc1. The van der Waals surface area contributed by atoms with E-state index in [2.05, 4.69) is 37.5 Å². The number of hydrogen-bond acceptors (Lipinski definition) is 8. The minimum absolute atomic E-state index is 0.284. The van der Waals surface area contributed by atoms with Crippen LogP contribution in [0.2, 0.25) is 5.02 Å². The van der Waals surface area contributed by atoms with Gasteiger partial charge in [0.2, 0.25) is 0 Å². The number of carbonyl (C=O) groups is 1. The highest BCUT2D eigenvalue weighted by Gasteiger charge is 2.25. The van der Waals surface area contributed by atoms with E-state index in [4.69, 9.17) is 26.1 Å². The van der Waals surface area contributed by atoms with E-state index >= 15 is 0 Å². The minimum Gasteiger partial charge on any atom is -0.497 e. The predicted octanol–water partition coefficient (Wildman–Crippen LogP) is 7.11. The molecule has 0 aliphatic carbocycles. The average molecular weight is 769 g/mol. The first-order valence-electron chi connectivity index (χ1n) is 14.8. The summed E-state index contributed by atoms with van der Waals surface area (Å²) in [6, 6.07) is 23.3. The number of rotatable bonds is 9. The van der Waals surface area contributed by atoms with Gasteiger partial charge in [-0.1, -0.05) is 35.9 Å². The van der Waals surface area contributed by atoms with Crippen molar-refractivity contribution in [1.29, 1.82) is 0 Å². The Morgan fingerprint density at radius 3 is 2.04 bits per heavy atom. The van der Waals surface area contributed by atoms with Gasteiger partial charge in [-0.25, -0.2) is 14.8 Å². The van der Waals surface area contributed by atoms with E-state index in [1.807, 2.05) is 65.6 Å². The molecule has 10 nitrogen and oxygen atoms in total. The molecule has 1 N–H and O–H groups in total. The topological polar surface area (TPSA) is 104 Å². The number of aromatic nitrogens is 3. The molecule has 3 aromatic carbocycles. The fraction of sp³-hybridized carbons (Fsp3) is 0.235. The van der Waals surface area contributed by atoms with Gasteiger partial charge in [-0.05, 0) is 82.2 Å². The van der Waals surface area contributed by atoms with E-state index in [9.17, 15) is 14.3 Å². The summed E-state index contributed by atoms with van der Waals surface area (Å²) >= 11 is 9.17. The van der Waals surface area contributed by atoms with Crippen molar-refractivity contribution >= 4 is 62.8 Å². The van der Waals surface area contributed by atoms with Crippen LogP contribution in [-0.2, 0) is 13.1 Å². The van der Waals surface area contributed by atoms with Gasteiger partial charge in [0.15, 0.2) is 0 Å². The zero-order chi connectivity index (χ0) is 33.1. The average Bonchev–Trinajstić information content (AvgIpc) is 3.08. The third-order valence-electron chi connectivity index (χ3n) is 8.06. The number of benzene rings is 3. The lowest BCUT2D eigenvalue weighted by molar-refractivity contribution is 0.142. The van der Waals surface area contributed by atoms with Crippen LogP contribution in [0.3, 0.4) is 0 Å². The minimum atomic E-state index is -0.980. The molecule has 5 aromatic rings. The summed E-state index contributed by atoms with van der Waals surface area (Å²) < 4.78 is 26.4. The van der Waals surface area contributed by atoms with E-state index in [1.54, 1.807) is 26.4 Å². The first-order valence-corrected chi connectivity index (χ1v) is 16.3. The molecule has 1 fully saturated rings. The normalized spacial score (nSPS) is 13.1. The zero-order valence-electron chi connectivity index (χ0n) is 25.7. The van der Waals surface area contributed by atoms with Gasteiger partial charge in [0.05, 0.1) is 30.5 Å². The number of carboxylic acid groups (broad SMARTS) is 1. The second kappa shape index (κ2) is 14.1. The summed E-state index contributed by atoms with van der Waals surface area (Å²) in [5.74, 6) is 2.67. The van der Waals surface area contributed by atoms with E-state index in [0.717, 1.165) is 32.0 Å². The van der Waals surface area contributed by atoms with Gasteiger partial charge in [-0.2, -0.15) is 9.37 Å². The van der Waals surface area contributed by atoms with E-state index < -0.39 is 12.2 Å². The summed E-state index contributed by atoms with van der Waals surface area (Å²) in [6.07, 6.45) is -1.85. The molecule has 1 amide bonds. The van der Waals surface area contributed by atoms with Crippen molar-refractivity contribution in [1.82, 2.24) is 19.9 Å². The number of pyridine rings is 1. The third-order valence-corrected chi connectivity index (χ3v) is 9.25. The molecule has 1 aliphatic rings. The fourth-order valence-corrected chi connectivity index (χ4v) is 6.40. The first kappa shape index (κ1) is 32.5. The molecule has 0 spiro atoms. The Bertz CT molecular complexity index is 1860. The maximum atomic E-state index is 14.8. The van der Waals surface area contributed by atoms with Gasteiger partial charge in [0, 0.05) is 53.8 Å². The largest absolute Gasteiger partial charge is 0.497 e. The number of fused-ring (bicyclic) bond motifs is 1. The predicted molar refractivity (Wildman–Crippen MR) is 188 cm³/mol. The van der Waals surface area contributed by atoms with Crippen LogP contribution in [0, 0.1) is 9.65 Å². The van der Waals surface area contributed by atoms with Gasteiger partial charge in [-0.3, -0.25) is 0 Å². The first-order chi connectivity index (χ1) is 22.7. The van der Waals surface area contributed by atoms with Crippen LogP contribution in [0.15, 0.2) is 72.8 Å². The molecule has 2 aromatic heterocycles.